The summed E-state index contributed by atoms with van der Waals surface area (Å²) < 4.78 is 0. The van der Waals surface area contributed by atoms with Crippen molar-refractivity contribution < 1.29 is 9.59 Å². The van der Waals surface area contributed by atoms with Crippen LogP contribution in [0, 0.1) is 5.92 Å². The standard InChI is InChI=1S/C24H37N3O2/c1-5-26-22(28)24(27(23(26)29)16-11-19(2)3)13-17-25(18-14-24)15-12-20(4)21-9-7-6-8-10-21/h6-10,19-20H,5,11-18H2,1-4H3. The number of likely N-dealkylation sites (N-methyl/N-ethyl adjacent to an activating group) is 1. The molecule has 2 heterocycles. The van der Waals surface area contributed by atoms with Gasteiger partial charge in [0.1, 0.15) is 5.54 Å². The van der Waals surface area contributed by atoms with E-state index in [1.54, 1.807) is 0 Å². The van der Waals surface area contributed by atoms with Crippen molar-refractivity contribution in [1.29, 1.82) is 0 Å². The Hall–Kier alpha value is -1.88. The quantitative estimate of drug-likeness (QED) is 0.611. The average Bonchev–Trinajstić information content (AvgIpc) is 2.92. The number of likely N-dealkylation sites (tertiary alicyclic amines) is 1. The average molecular weight is 400 g/mol. The lowest BCUT2D eigenvalue weighted by atomic mass is 9.85. The van der Waals surface area contributed by atoms with E-state index < -0.39 is 5.54 Å². The van der Waals surface area contributed by atoms with Crippen molar-refractivity contribution in [2.24, 2.45) is 5.92 Å². The summed E-state index contributed by atoms with van der Waals surface area (Å²) in [6, 6.07) is 10.6. The second kappa shape index (κ2) is 9.29. The molecule has 0 radical (unpaired) electrons. The number of nitrogens with zero attached hydrogens (tertiary/aromatic N) is 3. The molecule has 160 valence electrons. The maximum Gasteiger partial charge on any atom is 0.327 e. The van der Waals surface area contributed by atoms with Gasteiger partial charge in [0, 0.05) is 26.2 Å². The van der Waals surface area contributed by atoms with Crippen LogP contribution in [0.2, 0.25) is 0 Å². The molecule has 1 atom stereocenters. The SMILES string of the molecule is CCN1C(=O)N(CCC(C)C)C2(CCN(CCC(C)c3ccccc3)CC2)C1=O. The number of imide groups is 1. The molecule has 5 nitrogen and oxygen atoms in total. The van der Waals surface area contributed by atoms with Crippen LogP contribution < -0.4 is 0 Å². The minimum Gasteiger partial charge on any atom is -0.309 e. The first-order valence-electron chi connectivity index (χ1n) is 11.3. The number of carbonyl (C=O) groups excluding carboxylic acids is 2. The van der Waals surface area contributed by atoms with Gasteiger partial charge < -0.3 is 9.80 Å². The van der Waals surface area contributed by atoms with Gasteiger partial charge in [0.15, 0.2) is 0 Å². The molecule has 2 saturated heterocycles. The highest BCUT2D eigenvalue weighted by Crippen LogP contribution is 2.38. The van der Waals surface area contributed by atoms with Gasteiger partial charge in [-0.15, -0.1) is 0 Å². The highest BCUT2D eigenvalue weighted by atomic mass is 16.2. The zero-order valence-electron chi connectivity index (χ0n) is 18.6. The van der Waals surface area contributed by atoms with Gasteiger partial charge in [-0.25, -0.2) is 4.79 Å². The molecule has 0 aromatic heterocycles. The van der Waals surface area contributed by atoms with Crippen LogP contribution in [-0.4, -0.2) is 64.9 Å². The first kappa shape index (κ1) is 21.8. The predicted octanol–water partition coefficient (Wildman–Crippen LogP) is 4.35. The van der Waals surface area contributed by atoms with E-state index in [1.165, 1.54) is 10.5 Å². The lowest BCUT2D eigenvalue weighted by Gasteiger charge is -2.42. The predicted molar refractivity (Wildman–Crippen MR) is 117 cm³/mol. The fraction of sp³-hybridized carbons (Fsp3) is 0.667. The van der Waals surface area contributed by atoms with Crippen LogP contribution in [0.15, 0.2) is 30.3 Å². The summed E-state index contributed by atoms with van der Waals surface area (Å²) in [6.45, 7) is 12.5. The van der Waals surface area contributed by atoms with Crippen LogP contribution in [0.5, 0.6) is 0 Å². The Bertz CT molecular complexity index is 695. The highest BCUT2D eigenvalue weighted by molar-refractivity contribution is 6.07. The van der Waals surface area contributed by atoms with Crippen LogP contribution in [-0.2, 0) is 4.79 Å². The van der Waals surface area contributed by atoms with Crippen LogP contribution in [0.4, 0.5) is 4.79 Å². The van der Waals surface area contributed by atoms with Crippen LogP contribution in [0.25, 0.3) is 0 Å². The third-order valence-corrected chi connectivity index (χ3v) is 6.80. The van der Waals surface area contributed by atoms with E-state index in [2.05, 4.69) is 56.0 Å². The topological polar surface area (TPSA) is 43.9 Å². The van der Waals surface area contributed by atoms with Crippen LogP contribution in [0.3, 0.4) is 0 Å². The molecule has 0 saturated carbocycles. The van der Waals surface area contributed by atoms with E-state index in [9.17, 15) is 9.59 Å². The first-order valence-corrected chi connectivity index (χ1v) is 11.3. The molecule has 0 N–H and O–H groups in total. The number of piperidine rings is 1. The zero-order valence-corrected chi connectivity index (χ0v) is 18.6. The summed E-state index contributed by atoms with van der Waals surface area (Å²) in [6.07, 6.45) is 3.57. The summed E-state index contributed by atoms with van der Waals surface area (Å²) in [5.41, 5.74) is 0.778. The Labute approximate surface area is 176 Å². The molecule has 5 heteroatoms. The van der Waals surface area contributed by atoms with Crippen molar-refractivity contribution in [3.63, 3.8) is 0 Å². The maximum atomic E-state index is 13.2. The number of hydrogen-bond donors (Lipinski definition) is 0. The van der Waals surface area contributed by atoms with Crippen molar-refractivity contribution in [2.75, 3.05) is 32.7 Å². The first-order chi connectivity index (χ1) is 13.9. The van der Waals surface area contributed by atoms with Gasteiger partial charge in [-0.3, -0.25) is 9.69 Å². The van der Waals surface area contributed by atoms with Crippen molar-refractivity contribution in [2.45, 2.75) is 64.8 Å². The third-order valence-electron chi connectivity index (χ3n) is 6.80. The highest BCUT2D eigenvalue weighted by Gasteiger charge is 2.57. The number of hydrogen-bond acceptors (Lipinski definition) is 3. The summed E-state index contributed by atoms with van der Waals surface area (Å²) >= 11 is 0. The fourth-order valence-corrected chi connectivity index (χ4v) is 4.71. The number of benzene rings is 1. The van der Waals surface area contributed by atoms with E-state index in [-0.39, 0.29) is 11.9 Å². The normalized spacial score (nSPS) is 20.9. The molecule has 1 aromatic carbocycles. The van der Waals surface area contributed by atoms with Gasteiger partial charge in [-0.05, 0) is 56.6 Å². The minimum absolute atomic E-state index is 0.0334. The monoisotopic (exact) mass is 399 g/mol. The summed E-state index contributed by atoms with van der Waals surface area (Å²) in [4.78, 5) is 31.9. The Morgan fingerprint density at radius 1 is 0.966 bits per heavy atom. The number of amides is 3. The van der Waals surface area contributed by atoms with Gasteiger partial charge in [0.2, 0.25) is 0 Å². The van der Waals surface area contributed by atoms with E-state index in [0.717, 1.165) is 45.3 Å². The molecular formula is C24H37N3O2. The maximum absolute atomic E-state index is 13.2. The van der Waals surface area contributed by atoms with Gasteiger partial charge in [-0.1, -0.05) is 51.1 Å². The minimum atomic E-state index is -0.608. The molecule has 1 unspecified atom stereocenters. The molecule has 29 heavy (non-hydrogen) atoms. The molecule has 3 amide bonds. The Morgan fingerprint density at radius 2 is 1.62 bits per heavy atom. The lowest BCUT2D eigenvalue weighted by Crippen LogP contribution is -2.57. The van der Waals surface area contributed by atoms with Crippen molar-refractivity contribution in [1.82, 2.24) is 14.7 Å². The van der Waals surface area contributed by atoms with Gasteiger partial charge >= 0.3 is 6.03 Å². The summed E-state index contributed by atoms with van der Waals surface area (Å²) in [5, 5.41) is 0. The van der Waals surface area contributed by atoms with Crippen molar-refractivity contribution in [3.8, 4) is 0 Å². The molecule has 1 spiro atoms. The Morgan fingerprint density at radius 3 is 2.21 bits per heavy atom. The summed E-state index contributed by atoms with van der Waals surface area (Å²) in [5.74, 6) is 1.08. The molecular weight excluding hydrogens is 362 g/mol. The number of rotatable bonds is 8. The Balaban J connectivity index is 1.61. The largest absolute Gasteiger partial charge is 0.327 e. The number of urea groups is 1. The molecule has 2 aliphatic rings. The molecule has 2 fully saturated rings. The zero-order chi connectivity index (χ0) is 21.0. The third kappa shape index (κ3) is 4.50. The second-order valence-electron chi connectivity index (χ2n) is 9.14. The molecule has 2 aliphatic heterocycles. The molecule has 0 bridgehead atoms. The van der Waals surface area contributed by atoms with E-state index in [0.29, 0.717) is 24.9 Å². The molecule has 0 aliphatic carbocycles. The van der Waals surface area contributed by atoms with E-state index in [1.807, 2.05) is 11.8 Å². The van der Waals surface area contributed by atoms with Crippen molar-refractivity contribution in [3.05, 3.63) is 35.9 Å². The molecule has 3 rings (SSSR count). The number of carbonyl (C=O) groups is 2. The second-order valence-corrected chi connectivity index (χ2v) is 9.14. The van der Waals surface area contributed by atoms with Crippen molar-refractivity contribution >= 4 is 11.9 Å². The lowest BCUT2D eigenvalue weighted by molar-refractivity contribution is -0.135. The van der Waals surface area contributed by atoms with Gasteiger partial charge in [0.05, 0.1) is 0 Å². The van der Waals surface area contributed by atoms with Gasteiger partial charge in [0.25, 0.3) is 5.91 Å². The smallest absolute Gasteiger partial charge is 0.309 e. The Kier molecular flexibility index (Phi) is 6.99. The van der Waals surface area contributed by atoms with E-state index in [4.69, 9.17) is 0 Å². The van der Waals surface area contributed by atoms with Gasteiger partial charge in [-0.2, -0.15) is 0 Å². The fourth-order valence-electron chi connectivity index (χ4n) is 4.71. The van der Waals surface area contributed by atoms with Crippen LogP contribution >= 0.6 is 0 Å². The summed E-state index contributed by atoms with van der Waals surface area (Å²) in [7, 11) is 0. The van der Waals surface area contributed by atoms with E-state index >= 15 is 0 Å². The van der Waals surface area contributed by atoms with Crippen LogP contribution in [0.1, 0.15) is 64.9 Å². The molecule has 1 aromatic rings.